The predicted molar refractivity (Wildman–Crippen MR) is 133 cm³/mol. The fraction of sp³-hybridized carbons (Fsp3) is 0.217. The van der Waals surface area contributed by atoms with Crippen molar-refractivity contribution in [2.45, 2.75) is 11.8 Å². The lowest BCUT2D eigenvalue weighted by atomic mass is 10.1. The lowest BCUT2D eigenvalue weighted by Crippen LogP contribution is -2.22. The highest BCUT2D eigenvalue weighted by molar-refractivity contribution is 7.90. The smallest absolute Gasteiger partial charge is 0.277 e. The van der Waals surface area contributed by atoms with Crippen LogP contribution < -0.4 is 21.1 Å². The van der Waals surface area contributed by atoms with Gasteiger partial charge in [0.2, 0.25) is 0 Å². The first-order valence-corrected chi connectivity index (χ1v) is 12.8. The quantitative estimate of drug-likeness (QED) is 0.377. The van der Waals surface area contributed by atoms with Crippen LogP contribution in [0.2, 0.25) is 5.02 Å². The number of nitrogens with two attached hydrogens (primary N) is 1. The third kappa shape index (κ3) is 6.74. The van der Waals surface area contributed by atoms with Gasteiger partial charge in [0.05, 0.1) is 22.1 Å². The highest BCUT2D eigenvalue weighted by Gasteiger charge is 2.23. The molecule has 0 saturated carbocycles. The lowest BCUT2D eigenvalue weighted by Gasteiger charge is -2.16. The highest BCUT2D eigenvalue weighted by atomic mass is 35.5. The van der Waals surface area contributed by atoms with Crippen molar-refractivity contribution in [3.63, 3.8) is 0 Å². The number of hydrogen-bond acceptors (Lipinski definition) is 8. The van der Waals surface area contributed by atoms with Crippen LogP contribution in [0.25, 0.3) is 0 Å². The summed E-state index contributed by atoms with van der Waals surface area (Å²) < 4.78 is 44.4. The Bertz CT molecular complexity index is 1390. The van der Waals surface area contributed by atoms with Crippen molar-refractivity contribution in [2.75, 3.05) is 30.0 Å². The first-order chi connectivity index (χ1) is 17.0. The summed E-state index contributed by atoms with van der Waals surface area (Å²) in [6.45, 7) is 2.22. The second kappa shape index (κ2) is 11.4. The fourth-order valence-electron chi connectivity index (χ4n) is 2.88. The molecule has 2 heterocycles. The minimum atomic E-state index is -3.60. The Balaban J connectivity index is 1.93. The van der Waals surface area contributed by atoms with Crippen molar-refractivity contribution in [1.29, 1.82) is 0 Å². The molecule has 13 heteroatoms. The van der Waals surface area contributed by atoms with Crippen LogP contribution in [0.5, 0.6) is 5.75 Å². The maximum Gasteiger partial charge on any atom is 0.277 e. The van der Waals surface area contributed by atoms with Crippen molar-refractivity contribution in [2.24, 2.45) is 11.7 Å². The van der Waals surface area contributed by atoms with Crippen LogP contribution in [0.1, 0.15) is 27.8 Å². The van der Waals surface area contributed by atoms with Gasteiger partial charge in [-0.05, 0) is 42.9 Å². The monoisotopic (exact) mass is 535 g/mol. The molecule has 3 aromatic rings. The van der Waals surface area contributed by atoms with Crippen molar-refractivity contribution >= 4 is 44.8 Å². The number of pyridine rings is 2. The summed E-state index contributed by atoms with van der Waals surface area (Å²) in [5.74, 6) is -2.60. The Labute approximate surface area is 212 Å². The number of carbonyl (C=O) groups is 2. The van der Waals surface area contributed by atoms with E-state index >= 15 is 0 Å². The largest absolute Gasteiger partial charge is 0.492 e. The topological polar surface area (TPSA) is 153 Å². The van der Waals surface area contributed by atoms with Crippen LogP contribution in [-0.2, 0) is 9.84 Å². The molecule has 1 aromatic carbocycles. The molecular weight excluding hydrogens is 513 g/mol. The molecule has 0 aliphatic carbocycles. The molecule has 36 heavy (non-hydrogen) atoms. The summed E-state index contributed by atoms with van der Waals surface area (Å²) in [4.78, 5) is 33.6. The van der Waals surface area contributed by atoms with Crippen LogP contribution in [0.3, 0.4) is 0 Å². The first kappa shape index (κ1) is 27.0. The minimum absolute atomic E-state index is 0.0450. The molecule has 0 radical (unpaired) electrons. The third-order valence-electron chi connectivity index (χ3n) is 4.87. The highest BCUT2D eigenvalue weighted by Crippen LogP contribution is 2.27. The number of rotatable bonds is 9. The first-order valence-electron chi connectivity index (χ1n) is 10.5. The van der Waals surface area contributed by atoms with Gasteiger partial charge in [0.1, 0.15) is 17.3 Å². The third-order valence-corrected chi connectivity index (χ3v) is 6.21. The Morgan fingerprint density at radius 1 is 1.14 bits per heavy atom. The van der Waals surface area contributed by atoms with Gasteiger partial charge < -0.3 is 21.1 Å². The predicted octanol–water partition coefficient (Wildman–Crippen LogP) is 3.15. The van der Waals surface area contributed by atoms with Gasteiger partial charge in [0.15, 0.2) is 21.3 Å². The zero-order valence-electron chi connectivity index (χ0n) is 19.3. The molecule has 1 atom stereocenters. The van der Waals surface area contributed by atoms with E-state index in [0.717, 1.165) is 18.5 Å². The van der Waals surface area contributed by atoms with E-state index in [1.54, 1.807) is 0 Å². The van der Waals surface area contributed by atoms with E-state index in [9.17, 15) is 22.4 Å². The summed E-state index contributed by atoms with van der Waals surface area (Å²) in [6.07, 6.45) is 3.39. The molecule has 2 aromatic heterocycles. The summed E-state index contributed by atoms with van der Waals surface area (Å²) in [6, 6.07) is 7.57. The molecule has 4 N–H and O–H groups in total. The molecule has 0 fully saturated rings. The Hall–Kier alpha value is -3.61. The Kier molecular flexibility index (Phi) is 8.56. The average Bonchev–Trinajstić information content (AvgIpc) is 2.84. The van der Waals surface area contributed by atoms with Crippen molar-refractivity contribution in [3.8, 4) is 5.75 Å². The molecule has 10 nitrogen and oxygen atoms in total. The maximum atomic E-state index is 14.7. The second-order valence-corrected chi connectivity index (χ2v) is 10.3. The Morgan fingerprint density at radius 2 is 1.89 bits per heavy atom. The fourth-order valence-corrected chi connectivity index (χ4v) is 3.62. The lowest BCUT2D eigenvalue weighted by molar-refractivity contribution is 0.102. The standard InChI is InChI=1S/C23H23ClFN5O5S/c1-13(10-26)12-35-18-9-15(36(2,33)34)4-5-16(18)22(31)30-20-17(25)7-8-27-21(20)23(32)29-19-6-3-14(24)11-28-19/h3-9,11,13H,10,12,26H2,1-2H3,(H,30,31)(H,28,29,32)/t13-/m0/s1. The number of nitrogens with one attached hydrogen (secondary N) is 2. The SMILES string of the molecule is C[C@@H](CN)COc1cc(S(C)(=O)=O)ccc1C(=O)Nc1c(F)ccnc1C(=O)Nc1ccc(Cl)cn1. The number of amides is 2. The molecule has 0 spiro atoms. The van der Waals surface area contributed by atoms with E-state index in [1.807, 2.05) is 6.92 Å². The molecule has 0 saturated heterocycles. The molecule has 0 bridgehead atoms. The number of carbonyl (C=O) groups excluding carboxylic acids is 2. The van der Waals surface area contributed by atoms with Gasteiger partial charge in [-0.3, -0.25) is 9.59 Å². The van der Waals surface area contributed by atoms with E-state index < -0.39 is 38.9 Å². The van der Waals surface area contributed by atoms with Crippen LogP contribution in [0.4, 0.5) is 15.9 Å². The molecule has 0 aliphatic rings. The minimum Gasteiger partial charge on any atom is -0.492 e. The zero-order valence-corrected chi connectivity index (χ0v) is 20.9. The molecule has 0 aliphatic heterocycles. The van der Waals surface area contributed by atoms with Crippen molar-refractivity contribution in [3.05, 3.63) is 70.9 Å². The summed E-state index contributed by atoms with van der Waals surface area (Å²) in [7, 11) is -3.60. The van der Waals surface area contributed by atoms with E-state index in [0.29, 0.717) is 11.6 Å². The van der Waals surface area contributed by atoms with Crippen LogP contribution >= 0.6 is 11.6 Å². The number of ether oxygens (including phenoxy) is 1. The van der Waals surface area contributed by atoms with Gasteiger partial charge in [0.25, 0.3) is 11.8 Å². The number of nitrogens with zero attached hydrogens (tertiary/aromatic N) is 2. The van der Waals surface area contributed by atoms with Gasteiger partial charge in [-0.2, -0.15) is 0 Å². The molecular formula is C23H23ClFN5O5S. The number of anilines is 2. The maximum absolute atomic E-state index is 14.7. The van der Waals surface area contributed by atoms with Gasteiger partial charge in [-0.25, -0.2) is 22.8 Å². The van der Waals surface area contributed by atoms with E-state index in [-0.39, 0.29) is 34.6 Å². The normalized spacial score (nSPS) is 12.0. The number of sulfone groups is 1. The molecule has 0 unspecified atom stereocenters. The number of benzene rings is 1. The van der Waals surface area contributed by atoms with E-state index in [2.05, 4.69) is 20.6 Å². The van der Waals surface area contributed by atoms with Gasteiger partial charge in [-0.1, -0.05) is 18.5 Å². The summed E-state index contributed by atoms with van der Waals surface area (Å²) in [5, 5.41) is 5.14. The van der Waals surface area contributed by atoms with Crippen LogP contribution in [0, 0.1) is 11.7 Å². The number of hydrogen-bond donors (Lipinski definition) is 3. The van der Waals surface area contributed by atoms with Crippen LogP contribution in [-0.4, -0.2) is 49.6 Å². The van der Waals surface area contributed by atoms with E-state index in [4.69, 9.17) is 22.1 Å². The average molecular weight is 536 g/mol. The summed E-state index contributed by atoms with van der Waals surface area (Å²) in [5.41, 5.74) is 4.63. The zero-order chi connectivity index (χ0) is 26.5. The van der Waals surface area contributed by atoms with E-state index in [1.165, 1.54) is 36.5 Å². The van der Waals surface area contributed by atoms with Gasteiger partial charge >= 0.3 is 0 Å². The molecule has 3 rings (SSSR count). The van der Waals surface area contributed by atoms with Crippen LogP contribution in [0.15, 0.2) is 53.7 Å². The number of aromatic nitrogens is 2. The Morgan fingerprint density at radius 3 is 2.53 bits per heavy atom. The van der Waals surface area contributed by atoms with Gasteiger partial charge in [0, 0.05) is 24.6 Å². The van der Waals surface area contributed by atoms with Gasteiger partial charge in [-0.15, -0.1) is 0 Å². The summed E-state index contributed by atoms with van der Waals surface area (Å²) >= 11 is 5.79. The van der Waals surface area contributed by atoms with Crippen molar-refractivity contribution in [1.82, 2.24) is 9.97 Å². The number of halogens is 2. The second-order valence-electron chi connectivity index (χ2n) is 7.87. The molecule has 2 amide bonds. The van der Waals surface area contributed by atoms with Crippen molar-refractivity contribution < 1.29 is 27.1 Å². The molecule has 190 valence electrons.